The first kappa shape index (κ1) is 12.6. The first-order valence-corrected chi connectivity index (χ1v) is 6.49. The maximum absolute atomic E-state index is 6.23. The second-order valence-corrected chi connectivity index (χ2v) is 5.40. The molecule has 94 valence electrons. The van der Waals surface area contributed by atoms with Gasteiger partial charge in [-0.1, -0.05) is 17.7 Å². The van der Waals surface area contributed by atoms with Gasteiger partial charge in [-0.2, -0.15) is 0 Å². The van der Waals surface area contributed by atoms with Crippen LogP contribution >= 0.6 is 0 Å². The monoisotopic (exact) mass is 233 g/mol. The van der Waals surface area contributed by atoms with Crippen LogP contribution in [0.2, 0.25) is 0 Å². The van der Waals surface area contributed by atoms with E-state index < -0.39 is 0 Å². The maximum Gasteiger partial charge on any atom is 0.0659 e. The third-order valence-corrected chi connectivity index (χ3v) is 3.46. The molecule has 0 saturated heterocycles. The van der Waals surface area contributed by atoms with Gasteiger partial charge in [0, 0.05) is 6.61 Å². The van der Waals surface area contributed by atoms with Gasteiger partial charge in [0.2, 0.25) is 0 Å². The summed E-state index contributed by atoms with van der Waals surface area (Å²) in [6, 6.07) is 4.40. The number of rotatable bonds is 5. The summed E-state index contributed by atoms with van der Waals surface area (Å²) in [7, 11) is 0. The second-order valence-electron chi connectivity index (χ2n) is 5.40. The van der Waals surface area contributed by atoms with Crippen molar-refractivity contribution < 1.29 is 4.74 Å². The number of hydrogen-bond donors (Lipinski definition) is 1. The molecule has 1 fully saturated rings. The zero-order valence-corrected chi connectivity index (χ0v) is 11.1. The highest BCUT2D eigenvalue weighted by atomic mass is 16.5. The van der Waals surface area contributed by atoms with Crippen LogP contribution in [0.15, 0.2) is 12.1 Å². The highest BCUT2D eigenvalue weighted by Crippen LogP contribution is 2.29. The van der Waals surface area contributed by atoms with Gasteiger partial charge in [-0.15, -0.1) is 0 Å². The topological polar surface area (TPSA) is 35.2 Å². The summed E-state index contributed by atoms with van der Waals surface area (Å²) in [5.74, 6) is 0.808. The van der Waals surface area contributed by atoms with Gasteiger partial charge >= 0.3 is 0 Å². The van der Waals surface area contributed by atoms with E-state index in [1.54, 1.807) is 0 Å². The Morgan fingerprint density at radius 1 is 1.24 bits per heavy atom. The lowest BCUT2D eigenvalue weighted by atomic mass is 9.95. The van der Waals surface area contributed by atoms with E-state index in [0.29, 0.717) is 6.61 Å². The molecule has 2 nitrogen and oxygen atoms in total. The Labute approximate surface area is 104 Å². The quantitative estimate of drug-likeness (QED) is 0.848. The number of benzene rings is 1. The van der Waals surface area contributed by atoms with Gasteiger partial charge in [0.1, 0.15) is 0 Å². The summed E-state index contributed by atoms with van der Waals surface area (Å²) < 4.78 is 5.69. The van der Waals surface area contributed by atoms with E-state index in [0.717, 1.165) is 12.5 Å². The summed E-state index contributed by atoms with van der Waals surface area (Å²) in [5.41, 5.74) is 11.3. The van der Waals surface area contributed by atoms with Crippen LogP contribution in [0.3, 0.4) is 0 Å². The van der Waals surface area contributed by atoms with Crippen molar-refractivity contribution in [2.75, 3.05) is 13.2 Å². The largest absolute Gasteiger partial charge is 0.379 e. The SMILES string of the molecule is Cc1cc(C)c(C(N)COCC2CC2)c(C)c1. The molecule has 2 rings (SSSR count). The number of ether oxygens (including phenoxy) is 1. The fraction of sp³-hybridized carbons (Fsp3) is 0.600. The number of nitrogens with two attached hydrogens (primary N) is 1. The third kappa shape index (κ3) is 3.30. The average molecular weight is 233 g/mol. The highest BCUT2D eigenvalue weighted by Gasteiger charge is 2.22. The molecule has 1 atom stereocenters. The Balaban J connectivity index is 1.99. The molecule has 0 bridgehead atoms. The van der Waals surface area contributed by atoms with Crippen LogP contribution in [0.5, 0.6) is 0 Å². The number of aryl methyl sites for hydroxylation is 3. The molecule has 0 amide bonds. The van der Waals surface area contributed by atoms with Crippen molar-refractivity contribution in [3.63, 3.8) is 0 Å². The average Bonchev–Trinajstić information content (AvgIpc) is 2.99. The summed E-state index contributed by atoms with van der Waals surface area (Å²) in [6.07, 6.45) is 2.66. The van der Waals surface area contributed by atoms with Crippen LogP contribution < -0.4 is 5.73 Å². The lowest BCUT2D eigenvalue weighted by molar-refractivity contribution is 0.111. The molecule has 0 radical (unpaired) electrons. The highest BCUT2D eigenvalue weighted by molar-refractivity contribution is 5.39. The van der Waals surface area contributed by atoms with Crippen molar-refractivity contribution in [3.05, 3.63) is 34.4 Å². The van der Waals surface area contributed by atoms with Gasteiger partial charge in [-0.25, -0.2) is 0 Å². The molecule has 1 unspecified atom stereocenters. The zero-order valence-electron chi connectivity index (χ0n) is 11.1. The summed E-state index contributed by atoms with van der Waals surface area (Å²) >= 11 is 0. The van der Waals surface area contributed by atoms with E-state index in [4.69, 9.17) is 10.5 Å². The van der Waals surface area contributed by atoms with Crippen LogP contribution in [0, 0.1) is 26.7 Å². The molecule has 1 aromatic rings. The lowest BCUT2D eigenvalue weighted by Gasteiger charge is -2.18. The van der Waals surface area contributed by atoms with Crippen molar-refractivity contribution in [1.82, 2.24) is 0 Å². The molecule has 1 aliphatic carbocycles. The molecule has 1 aromatic carbocycles. The van der Waals surface area contributed by atoms with Crippen LogP contribution in [0.1, 0.15) is 41.1 Å². The first-order chi connectivity index (χ1) is 8.08. The molecule has 17 heavy (non-hydrogen) atoms. The van der Waals surface area contributed by atoms with E-state index in [1.165, 1.54) is 35.1 Å². The predicted molar refractivity (Wildman–Crippen MR) is 71.1 cm³/mol. The van der Waals surface area contributed by atoms with Gasteiger partial charge in [-0.3, -0.25) is 0 Å². The van der Waals surface area contributed by atoms with Crippen molar-refractivity contribution in [2.45, 2.75) is 39.7 Å². The van der Waals surface area contributed by atoms with Crippen molar-refractivity contribution in [2.24, 2.45) is 11.7 Å². The van der Waals surface area contributed by atoms with Crippen molar-refractivity contribution >= 4 is 0 Å². The molecule has 0 aromatic heterocycles. The minimum atomic E-state index is 0.00866. The Bertz CT molecular complexity index is 373. The normalized spacial score (nSPS) is 17.2. The predicted octanol–water partition coefficient (Wildman–Crippen LogP) is 3.04. The fourth-order valence-electron chi connectivity index (χ4n) is 2.51. The Hall–Kier alpha value is -0.860. The van der Waals surface area contributed by atoms with Gasteiger partial charge in [0.15, 0.2) is 0 Å². The maximum atomic E-state index is 6.23. The summed E-state index contributed by atoms with van der Waals surface area (Å²) in [4.78, 5) is 0. The first-order valence-electron chi connectivity index (χ1n) is 6.49. The van der Waals surface area contributed by atoms with E-state index in [-0.39, 0.29) is 6.04 Å². The van der Waals surface area contributed by atoms with Crippen molar-refractivity contribution in [1.29, 1.82) is 0 Å². The Morgan fingerprint density at radius 3 is 2.35 bits per heavy atom. The van der Waals surface area contributed by atoms with Gasteiger partial charge in [-0.05, 0) is 56.2 Å². The molecule has 0 spiro atoms. The molecule has 0 aliphatic heterocycles. The fourth-order valence-corrected chi connectivity index (χ4v) is 2.51. The summed E-state index contributed by atoms with van der Waals surface area (Å²) in [5, 5.41) is 0. The smallest absolute Gasteiger partial charge is 0.0659 e. The Kier molecular flexibility index (Phi) is 3.85. The third-order valence-electron chi connectivity index (χ3n) is 3.46. The molecule has 2 N–H and O–H groups in total. The zero-order chi connectivity index (χ0) is 12.4. The van der Waals surface area contributed by atoms with E-state index >= 15 is 0 Å². The van der Waals surface area contributed by atoms with E-state index in [1.807, 2.05) is 0 Å². The van der Waals surface area contributed by atoms with Crippen LogP contribution in [-0.4, -0.2) is 13.2 Å². The minimum absolute atomic E-state index is 0.00866. The van der Waals surface area contributed by atoms with Gasteiger partial charge in [0.25, 0.3) is 0 Å². The molecule has 2 heteroatoms. The summed E-state index contributed by atoms with van der Waals surface area (Å²) in [6.45, 7) is 7.92. The Morgan fingerprint density at radius 2 is 1.82 bits per heavy atom. The standard InChI is InChI=1S/C15H23NO/c1-10-6-11(2)15(12(3)7-10)14(16)9-17-8-13-4-5-13/h6-7,13-14H,4-5,8-9,16H2,1-3H3. The van der Waals surface area contributed by atoms with Crippen LogP contribution in [-0.2, 0) is 4.74 Å². The van der Waals surface area contributed by atoms with Crippen molar-refractivity contribution in [3.8, 4) is 0 Å². The molecule has 0 heterocycles. The lowest BCUT2D eigenvalue weighted by Crippen LogP contribution is -2.20. The van der Waals surface area contributed by atoms with E-state index in [9.17, 15) is 0 Å². The van der Waals surface area contributed by atoms with Crippen LogP contribution in [0.25, 0.3) is 0 Å². The minimum Gasteiger partial charge on any atom is -0.379 e. The molecular weight excluding hydrogens is 210 g/mol. The molecule has 1 saturated carbocycles. The van der Waals surface area contributed by atoms with Crippen LogP contribution in [0.4, 0.5) is 0 Å². The van der Waals surface area contributed by atoms with E-state index in [2.05, 4.69) is 32.9 Å². The number of hydrogen-bond acceptors (Lipinski definition) is 2. The second kappa shape index (κ2) is 5.19. The van der Waals surface area contributed by atoms with Gasteiger partial charge < -0.3 is 10.5 Å². The molecular formula is C15H23NO. The molecule has 1 aliphatic rings. The van der Waals surface area contributed by atoms with Gasteiger partial charge in [0.05, 0.1) is 12.6 Å².